The Hall–Kier alpha value is -2.73. The number of hydrogen-bond donors (Lipinski definition) is 2. The lowest BCUT2D eigenvalue weighted by atomic mass is 10.1. The molecule has 27 heavy (non-hydrogen) atoms. The van der Waals surface area contributed by atoms with E-state index in [0.717, 1.165) is 36.3 Å². The van der Waals surface area contributed by atoms with Crippen LogP contribution in [0.1, 0.15) is 48.8 Å². The third-order valence-electron chi connectivity index (χ3n) is 5.14. The molecule has 1 aliphatic heterocycles. The van der Waals surface area contributed by atoms with Crippen molar-refractivity contribution in [2.24, 2.45) is 11.7 Å². The molecule has 2 aromatic heterocycles. The number of para-hydroxylation sites is 1. The predicted molar refractivity (Wildman–Crippen MR) is 106 cm³/mol. The highest BCUT2D eigenvalue weighted by Crippen LogP contribution is 2.32. The average molecular weight is 363 g/mol. The second-order valence-electron chi connectivity index (χ2n) is 7.67. The lowest BCUT2D eigenvalue weighted by Crippen LogP contribution is -2.27. The molecule has 1 aromatic carbocycles. The molecule has 1 amide bonds. The fraction of sp³-hybridized carbons (Fsp3) is 0.381. The Kier molecular flexibility index (Phi) is 4.66. The van der Waals surface area contributed by atoms with E-state index in [9.17, 15) is 4.79 Å². The molecule has 4 rings (SSSR count). The van der Waals surface area contributed by atoms with Gasteiger partial charge in [0.1, 0.15) is 11.3 Å². The standard InChI is InChI=1S/C21H25N5O/c1-13(2)12-26-10-4-7-18(26)16-9-8-14(11-23-16)21-24-17-6-3-5-15(20(22)27)19(17)25-21/h3,5-6,8-9,11,13,18H,4,7,10,12H2,1-2H3,(H2,22,27)(H,24,25). The summed E-state index contributed by atoms with van der Waals surface area (Å²) in [5.41, 5.74) is 9.29. The lowest BCUT2D eigenvalue weighted by molar-refractivity contribution is 0.100. The van der Waals surface area contributed by atoms with Crippen molar-refractivity contribution < 1.29 is 4.79 Å². The minimum Gasteiger partial charge on any atom is -0.366 e. The fourth-order valence-corrected chi connectivity index (χ4v) is 3.96. The third kappa shape index (κ3) is 3.45. The van der Waals surface area contributed by atoms with Crippen molar-refractivity contribution in [3.05, 3.63) is 47.8 Å². The molecular weight excluding hydrogens is 338 g/mol. The van der Waals surface area contributed by atoms with Crippen molar-refractivity contribution in [1.82, 2.24) is 19.9 Å². The van der Waals surface area contributed by atoms with Gasteiger partial charge in [-0.25, -0.2) is 4.98 Å². The SMILES string of the molecule is CC(C)CN1CCCC1c1ccc(-c2nc3c(C(N)=O)cccc3[nH]2)cn1. The van der Waals surface area contributed by atoms with Crippen LogP contribution in [-0.2, 0) is 0 Å². The Bertz CT molecular complexity index is 960. The Morgan fingerprint density at radius 1 is 1.33 bits per heavy atom. The number of nitrogens with two attached hydrogens (primary N) is 1. The first-order valence-electron chi connectivity index (χ1n) is 9.52. The summed E-state index contributed by atoms with van der Waals surface area (Å²) >= 11 is 0. The van der Waals surface area contributed by atoms with Crippen LogP contribution in [0.4, 0.5) is 0 Å². The van der Waals surface area contributed by atoms with E-state index in [1.54, 1.807) is 12.1 Å². The van der Waals surface area contributed by atoms with E-state index in [1.165, 1.54) is 6.42 Å². The van der Waals surface area contributed by atoms with Crippen molar-refractivity contribution in [2.45, 2.75) is 32.7 Å². The fourth-order valence-electron chi connectivity index (χ4n) is 3.96. The number of pyridine rings is 1. The summed E-state index contributed by atoms with van der Waals surface area (Å²) in [7, 11) is 0. The Morgan fingerprint density at radius 2 is 2.19 bits per heavy atom. The van der Waals surface area contributed by atoms with Gasteiger partial charge in [0, 0.05) is 18.3 Å². The van der Waals surface area contributed by atoms with Crippen LogP contribution in [0.25, 0.3) is 22.4 Å². The van der Waals surface area contributed by atoms with Crippen LogP contribution in [-0.4, -0.2) is 38.8 Å². The van der Waals surface area contributed by atoms with Crippen LogP contribution < -0.4 is 5.73 Å². The molecule has 0 aliphatic carbocycles. The maximum Gasteiger partial charge on any atom is 0.250 e. The van der Waals surface area contributed by atoms with Gasteiger partial charge in [0.2, 0.25) is 0 Å². The molecule has 1 saturated heterocycles. The minimum absolute atomic E-state index is 0.401. The van der Waals surface area contributed by atoms with Gasteiger partial charge in [-0.1, -0.05) is 19.9 Å². The zero-order chi connectivity index (χ0) is 19.0. The summed E-state index contributed by atoms with van der Waals surface area (Å²) in [5.74, 6) is 0.877. The number of likely N-dealkylation sites (tertiary alicyclic amines) is 1. The van der Waals surface area contributed by atoms with Crippen molar-refractivity contribution in [1.29, 1.82) is 0 Å². The molecule has 0 radical (unpaired) electrons. The van der Waals surface area contributed by atoms with Crippen molar-refractivity contribution in [2.75, 3.05) is 13.1 Å². The van der Waals surface area contributed by atoms with Crippen LogP contribution in [0.3, 0.4) is 0 Å². The second-order valence-corrected chi connectivity index (χ2v) is 7.67. The Morgan fingerprint density at radius 3 is 2.89 bits per heavy atom. The summed E-state index contributed by atoms with van der Waals surface area (Å²) in [6, 6.07) is 9.94. The van der Waals surface area contributed by atoms with Gasteiger partial charge >= 0.3 is 0 Å². The maximum atomic E-state index is 11.6. The van der Waals surface area contributed by atoms with Crippen molar-refractivity contribution in [3.63, 3.8) is 0 Å². The predicted octanol–water partition coefficient (Wildman–Crippen LogP) is 3.52. The number of nitrogens with one attached hydrogen (secondary N) is 1. The maximum absolute atomic E-state index is 11.6. The van der Waals surface area contributed by atoms with Gasteiger partial charge < -0.3 is 10.7 Å². The van der Waals surface area contributed by atoms with Crippen molar-refractivity contribution in [3.8, 4) is 11.4 Å². The van der Waals surface area contributed by atoms with Gasteiger partial charge in [-0.15, -0.1) is 0 Å². The summed E-state index contributed by atoms with van der Waals surface area (Å²) in [6.07, 6.45) is 4.24. The van der Waals surface area contributed by atoms with Crippen LogP contribution >= 0.6 is 0 Å². The van der Waals surface area contributed by atoms with E-state index >= 15 is 0 Å². The highest BCUT2D eigenvalue weighted by molar-refractivity contribution is 6.04. The average Bonchev–Trinajstić information content (AvgIpc) is 3.27. The topological polar surface area (TPSA) is 87.9 Å². The first-order valence-corrected chi connectivity index (χ1v) is 9.52. The Balaban J connectivity index is 1.62. The number of primary amides is 1. The first kappa shape index (κ1) is 17.7. The first-order chi connectivity index (χ1) is 13.0. The highest BCUT2D eigenvalue weighted by atomic mass is 16.1. The molecule has 6 heteroatoms. The van der Waals surface area contributed by atoms with Gasteiger partial charge in [0.25, 0.3) is 5.91 Å². The summed E-state index contributed by atoms with van der Waals surface area (Å²) in [6.45, 7) is 6.76. The number of H-pyrrole nitrogens is 1. The quantitative estimate of drug-likeness (QED) is 0.726. The molecule has 3 aromatic rings. The third-order valence-corrected chi connectivity index (χ3v) is 5.14. The molecule has 0 spiro atoms. The summed E-state index contributed by atoms with van der Waals surface area (Å²) in [4.78, 5) is 26.7. The summed E-state index contributed by atoms with van der Waals surface area (Å²) in [5, 5.41) is 0. The zero-order valence-corrected chi connectivity index (χ0v) is 15.8. The molecule has 1 atom stereocenters. The number of fused-ring (bicyclic) bond motifs is 1. The van der Waals surface area contributed by atoms with Gasteiger partial charge in [-0.05, 0) is 49.6 Å². The molecule has 0 saturated carbocycles. The second kappa shape index (κ2) is 7.12. The van der Waals surface area contributed by atoms with Gasteiger partial charge in [-0.3, -0.25) is 14.7 Å². The molecule has 1 fully saturated rings. The lowest BCUT2D eigenvalue weighted by Gasteiger charge is -2.25. The molecule has 6 nitrogen and oxygen atoms in total. The van der Waals surface area contributed by atoms with Gasteiger partial charge in [0.15, 0.2) is 0 Å². The monoisotopic (exact) mass is 363 g/mol. The largest absolute Gasteiger partial charge is 0.366 e. The summed E-state index contributed by atoms with van der Waals surface area (Å²) < 4.78 is 0. The Labute approximate surface area is 158 Å². The van der Waals surface area contributed by atoms with E-state index in [-0.39, 0.29) is 0 Å². The van der Waals surface area contributed by atoms with Crippen molar-refractivity contribution >= 4 is 16.9 Å². The number of aromatic amines is 1. The molecule has 0 bridgehead atoms. The molecule has 1 aliphatic rings. The van der Waals surface area contributed by atoms with Crippen LogP contribution in [0.2, 0.25) is 0 Å². The number of carbonyl (C=O) groups is 1. The molecule has 3 heterocycles. The van der Waals surface area contributed by atoms with Gasteiger partial charge in [0.05, 0.1) is 22.8 Å². The molecule has 1 unspecified atom stereocenters. The van der Waals surface area contributed by atoms with Crippen LogP contribution in [0.15, 0.2) is 36.5 Å². The molecule has 140 valence electrons. The van der Waals surface area contributed by atoms with Crippen LogP contribution in [0.5, 0.6) is 0 Å². The number of nitrogens with zero attached hydrogens (tertiary/aromatic N) is 3. The normalized spacial score (nSPS) is 17.8. The van der Waals surface area contributed by atoms with E-state index in [2.05, 4.69) is 40.8 Å². The minimum atomic E-state index is -0.474. The van der Waals surface area contributed by atoms with E-state index in [0.29, 0.717) is 28.9 Å². The number of rotatable bonds is 5. The van der Waals surface area contributed by atoms with Gasteiger partial charge in [-0.2, -0.15) is 0 Å². The highest BCUT2D eigenvalue weighted by Gasteiger charge is 2.27. The number of imidazole rings is 1. The molecule has 3 N–H and O–H groups in total. The smallest absolute Gasteiger partial charge is 0.250 e. The zero-order valence-electron chi connectivity index (χ0n) is 15.8. The number of carbonyl (C=O) groups excluding carboxylic acids is 1. The number of hydrogen-bond acceptors (Lipinski definition) is 4. The number of aromatic nitrogens is 3. The van der Waals surface area contributed by atoms with E-state index in [1.807, 2.05) is 12.3 Å². The number of benzene rings is 1. The molecular formula is C21H25N5O. The van der Waals surface area contributed by atoms with E-state index in [4.69, 9.17) is 10.7 Å². The number of amides is 1. The van der Waals surface area contributed by atoms with Crippen LogP contribution in [0, 0.1) is 5.92 Å². The van der Waals surface area contributed by atoms with E-state index < -0.39 is 5.91 Å².